The zero-order chi connectivity index (χ0) is 16.7. The van der Waals surface area contributed by atoms with Crippen LogP contribution in [-0.4, -0.2) is 23.4 Å². The normalized spacial score (nSPS) is 10.3. The Balaban J connectivity index is 2.01. The van der Waals surface area contributed by atoms with Crippen LogP contribution in [0.5, 0.6) is 5.75 Å². The smallest absolute Gasteiger partial charge is 0.292 e. The van der Waals surface area contributed by atoms with Gasteiger partial charge >= 0.3 is 0 Å². The minimum atomic E-state index is -0.483. The van der Waals surface area contributed by atoms with Gasteiger partial charge in [0.1, 0.15) is 11.4 Å². The van der Waals surface area contributed by atoms with Crippen LogP contribution in [0.4, 0.5) is 11.4 Å². The summed E-state index contributed by atoms with van der Waals surface area (Å²) in [4.78, 5) is 10.4. The second kappa shape index (κ2) is 7.85. The summed E-state index contributed by atoms with van der Waals surface area (Å²) in [6, 6.07) is 13.6. The van der Waals surface area contributed by atoms with Gasteiger partial charge in [-0.15, -0.1) is 0 Å². The Morgan fingerprint density at radius 3 is 2.70 bits per heavy atom. The SMILES string of the molecule is COc1ccccc1/C=N\NC(=S)Nc1ccccc1[N+](=O)[O-]. The number of nitro benzene ring substituents is 1. The number of rotatable bonds is 5. The molecule has 2 N–H and O–H groups in total. The van der Waals surface area contributed by atoms with Gasteiger partial charge in [0.15, 0.2) is 5.11 Å². The van der Waals surface area contributed by atoms with Gasteiger partial charge < -0.3 is 10.1 Å². The number of nitro groups is 1. The monoisotopic (exact) mass is 330 g/mol. The van der Waals surface area contributed by atoms with Crippen molar-refractivity contribution in [2.45, 2.75) is 0 Å². The van der Waals surface area contributed by atoms with E-state index in [-0.39, 0.29) is 10.8 Å². The predicted molar refractivity (Wildman–Crippen MR) is 93.0 cm³/mol. The van der Waals surface area contributed by atoms with Crippen molar-refractivity contribution in [3.8, 4) is 5.75 Å². The second-order valence-electron chi connectivity index (χ2n) is 4.34. The Hall–Kier alpha value is -3.00. The highest BCUT2D eigenvalue weighted by molar-refractivity contribution is 7.80. The first-order chi connectivity index (χ1) is 11.1. The number of hydrogen-bond donors (Lipinski definition) is 2. The van der Waals surface area contributed by atoms with E-state index in [1.165, 1.54) is 6.07 Å². The zero-order valence-electron chi connectivity index (χ0n) is 12.2. The molecular weight excluding hydrogens is 316 g/mol. The standard InChI is InChI=1S/C15H14N4O3S/c1-22-14-9-5-2-6-11(14)10-16-18-15(23)17-12-7-3-4-8-13(12)19(20)21/h2-10H,1H3,(H2,17,18,23)/b16-10-. The average Bonchev–Trinajstić information content (AvgIpc) is 2.55. The zero-order valence-corrected chi connectivity index (χ0v) is 13.0. The number of anilines is 1. The maximum Gasteiger partial charge on any atom is 0.292 e. The van der Waals surface area contributed by atoms with Gasteiger partial charge in [-0.2, -0.15) is 5.10 Å². The number of para-hydroxylation sites is 3. The molecule has 0 amide bonds. The van der Waals surface area contributed by atoms with E-state index in [0.717, 1.165) is 5.56 Å². The summed E-state index contributed by atoms with van der Waals surface area (Å²) >= 11 is 5.07. The Bertz CT molecular complexity index is 749. The molecule has 0 saturated carbocycles. The van der Waals surface area contributed by atoms with E-state index in [1.54, 1.807) is 31.5 Å². The highest BCUT2D eigenvalue weighted by Crippen LogP contribution is 2.22. The summed E-state index contributed by atoms with van der Waals surface area (Å²) in [5.41, 5.74) is 3.61. The maximum atomic E-state index is 10.9. The third-order valence-electron chi connectivity index (χ3n) is 2.86. The third kappa shape index (κ3) is 4.48. The van der Waals surface area contributed by atoms with Crippen LogP contribution in [0.25, 0.3) is 0 Å². The fourth-order valence-corrected chi connectivity index (χ4v) is 1.98. The Kier molecular flexibility index (Phi) is 5.59. The van der Waals surface area contributed by atoms with Crippen LogP contribution in [0.2, 0.25) is 0 Å². The van der Waals surface area contributed by atoms with E-state index in [2.05, 4.69) is 15.8 Å². The highest BCUT2D eigenvalue weighted by atomic mass is 32.1. The second-order valence-corrected chi connectivity index (χ2v) is 4.75. The van der Waals surface area contributed by atoms with Gasteiger partial charge in [0, 0.05) is 11.6 Å². The molecule has 0 aromatic heterocycles. The topological polar surface area (TPSA) is 88.8 Å². The molecule has 0 aliphatic heterocycles. The lowest BCUT2D eigenvalue weighted by molar-refractivity contribution is -0.383. The summed E-state index contributed by atoms with van der Waals surface area (Å²) in [6.45, 7) is 0. The molecule has 2 aromatic carbocycles. The number of nitrogens with one attached hydrogen (secondary N) is 2. The highest BCUT2D eigenvalue weighted by Gasteiger charge is 2.12. The van der Waals surface area contributed by atoms with E-state index in [9.17, 15) is 10.1 Å². The van der Waals surface area contributed by atoms with Gasteiger partial charge in [0.2, 0.25) is 0 Å². The van der Waals surface area contributed by atoms with Gasteiger partial charge in [-0.05, 0) is 30.4 Å². The van der Waals surface area contributed by atoms with Crippen molar-refractivity contribution in [2.24, 2.45) is 5.10 Å². The van der Waals surface area contributed by atoms with Crippen LogP contribution in [0.15, 0.2) is 53.6 Å². The molecule has 0 heterocycles. The van der Waals surface area contributed by atoms with Crippen LogP contribution >= 0.6 is 12.2 Å². The first-order valence-electron chi connectivity index (χ1n) is 6.58. The van der Waals surface area contributed by atoms with E-state index in [1.807, 2.05) is 24.3 Å². The van der Waals surface area contributed by atoms with Crippen molar-refractivity contribution < 1.29 is 9.66 Å². The summed E-state index contributed by atoms with van der Waals surface area (Å²) in [5.74, 6) is 0.677. The molecule has 0 aliphatic rings. The molecule has 7 nitrogen and oxygen atoms in total. The molecule has 0 saturated heterocycles. The van der Waals surface area contributed by atoms with Crippen molar-refractivity contribution in [3.63, 3.8) is 0 Å². The van der Waals surface area contributed by atoms with Crippen LogP contribution in [-0.2, 0) is 0 Å². The van der Waals surface area contributed by atoms with Gasteiger partial charge in [-0.25, -0.2) is 0 Å². The molecule has 0 aliphatic carbocycles. The minimum Gasteiger partial charge on any atom is -0.496 e. The van der Waals surface area contributed by atoms with Crippen LogP contribution < -0.4 is 15.5 Å². The molecule has 0 fully saturated rings. The Labute approximate surface area is 138 Å². The number of nitrogens with zero attached hydrogens (tertiary/aromatic N) is 2. The predicted octanol–water partition coefficient (Wildman–Crippen LogP) is 2.92. The van der Waals surface area contributed by atoms with Gasteiger partial charge in [0.05, 0.1) is 18.2 Å². The number of hydrogen-bond acceptors (Lipinski definition) is 5. The number of hydrazone groups is 1. The number of methoxy groups -OCH3 is 1. The lowest BCUT2D eigenvalue weighted by Gasteiger charge is -2.07. The molecule has 8 heteroatoms. The van der Waals surface area contributed by atoms with Crippen LogP contribution in [0, 0.1) is 10.1 Å². The maximum absolute atomic E-state index is 10.9. The van der Waals surface area contributed by atoms with Crippen molar-refractivity contribution in [1.29, 1.82) is 0 Å². The van der Waals surface area contributed by atoms with Crippen molar-refractivity contribution >= 4 is 34.9 Å². The molecule has 0 spiro atoms. The summed E-state index contributed by atoms with van der Waals surface area (Å²) in [7, 11) is 1.57. The van der Waals surface area contributed by atoms with Crippen molar-refractivity contribution in [3.05, 3.63) is 64.2 Å². The molecule has 2 rings (SSSR count). The minimum absolute atomic E-state index is 0.0645. The van der Waals surface area contributed by atoms with Gasteiger partial charge in [0.25, 0.3) is 5.69 Å². The van der Waals surface area contributed by atoms with Crippen molar-refractivity contribution in [2.75, 3.05) is 12.4 Å². The lowest BCUT2D eigenvalue weighted by atomic mass is 10.2. The Morgan fingerprint density at radius 2 is 1.96 bits per heavy atom. The molecular formula is C15H14N4O3S. The average molecular weight is 330 g/mol. The summed E-state index contributed by atoms with van der Waals surface area (Å²) in [6.07, 6.45) is 1.55. The lowest BCUT2D eigenvalue weighted by Crippen LogP contribution is -2.24. The van der Waals surface area contributed by atoms with Crippen LogP contribution in [0.1, 0.15) is 5.56 Å². The summed E-state index contributed by atoms with van der Waals surface area (Å²) in [5, 5.41) is 17.8. The molecule has 23 heavy (non-hydrogen) atoms. The molecule has 0 radical (unpaired) electrons. The van der Waals surface area contributed by atoms with Gasteiger partial charge in [-0.1, -0.05) is 24.3 Å². The molecule has 0 bridgehead atoms. The molecule has 118 valence electrons. The van der Waals surface area contributed by atoms with Crippen LogP contribution in [0.3, 0.4) is 0 Å². The van der Waals surface area contributed by atoms with E-state index < -0.39 is 4.92 Å². The number of benzene rings is 2. The molecule has 2 aromatic rings. The number of ether oxygens (including phenoxy) is 1. The van der Waals surface area contributed by atoms with E-state index in [4.69, 9.17) is 17.0 Å². The van der Waals surface area contributed by atoms with Crippen molar-refractivity contribution in [1.82, 2.24) is 5.43 Å². The van der Waals surface area contributed by atoms with E-state index in [0.29, 0.717) is 11.4 Å². The Morgan fingerprint density at radius 1 is 1.26 bits per heavy atom. The first kappa shape index (κ1) is 16.4. The van der Waals surface area contributed by atoms with E-state index >= 15 is 0 Å². The first-order valence-corrected chi connectivity index (χ1v) is 6.99. The summed E-state index contributed by atoms with van der Waals surface area (Å²) < 4.78 is 5.20. The fraction of sp³-hybridized carbons (Fsp3) is 0.0667. The quantitative estimate of drug-likeness (QED) is 0.379. The fourth-order valence-electron chi connectivity index (χ4n) is 1.82. The largest absolute Gasteiger partial charge is 0.496 e. The van der Waals surface area contributed by atoms with Gasteiger partial charge in [-0.3, -0.25) is 15.5 Å². The third-order valence-corrected chi connectivity index (χ3v) is 3.05. The molecule has 0 atom stereocenters. The molecule has 0 unspecified atom stereocenters. The number of thiocarbonyl (C=S) groups is 1.